The van der Waals surface area contributed by atoms with Crippen LogP contribution in [0.2, 0.25) is 0 Å². The van der Waals surface area contributed by atoms with Crippen LogP contribution < -0.4 is 10.2 Å². The van der Waals surface area contributed by atoms with E-state index in [1.165, 1.54) is 18.3 Å². The maximum absolute atomic E-state index is 13.9. The first kappa shape index (κ1) is 20.2. The summed E-state index contributed by atoms with van der Waals surface area (Å²) >= 11 is 3.39. The second-order valence-corrected chi connectivity index (χ2v) is 6.88. The van der Waals surface area contributed by atoms with Crippen molar-refractivity contribution < 1.29 is 13.9 Å². The fourth-order valence-electron chi connectivity index (χ4n) is 2.48. The van der Waals surface area contributed by atoms with Crippen molar-refractivity contribution in [2.75, 3.05) is 0 Å². The van der Waals surface area contributed by atoms with E-state index in [0.717, 1.165) is 16.1 Å². The maximum atomic E-state index is 13.9. The molecule has 0 aliphatic rings. The highest BCUT2D eigenvalue weighted by molar-refractivity contribution is 9.10. The first-order valence-corrected chi connectivity index (χ1v) is 9.35. The largest absolute Gasteiger partial charge is 0.488 e. The molecule has 0 heterocycles. The van der Waals surface area contributed by atoms with Gasteiger partial charge in [-0.05, 0) is 42.0 Å². The monoisotopic (exact) mass is 451 g/mol. The number of carbonyl (C=O) groups excluding carboxylic acids is 1. The first-order valence-electron chi connectivity index (χ1n) is 8.56. The zero-order valence-corrected chi connectivity index (χ0v) is 16.7. The Kier molecular flexibility index (Phi) is 6.72. The van der Waals surface area contributed by atoms with Gasteiger partial charge in [0.25, 0.3) is 5.91 Å². The number of benzene rings is 3. The highest BCUT2D eigenvalue weighted by Crippen LogP contribution is 2.23. The molecule has 0 unspecified atom stereocenters. The van der Waals surface area contributed by atoms with Gasteiger partial charge in [-0.1, -0.05) is 46.3 Å². The van der Waals surface area contributed by atoms with Crippen LogP contribution in [-0.4, -0.2) is 12.1 Å². The minimum absolute atomic E-state index is 0.136. The fraction of sp³-hybridized carbons (Fsp3) is 0.0455. The summed E-state index contributed by atoms with van der Waals surface area (Å²) in [6, 6.07) is 20.5. The molecule has 0 atom stereocenters. The molecular formula is C22H15BrFN3O2. The lowest BCUT2D eigenvalue weighted by Gasteiger charge is -2.09. The number of amides is 1. The molecule has 1 N–H and O–H groups in total. The van der Waals surface area contributed by atoms with Gasteiger partial charge in [0.1, 0.15) is 18.2 Å². The lowest BCUT2D eigenvalue weighted by molar-refractivity contribution is 0.0951. The van der Waals surface area contributed by atoms with Crippen LogP contribution in [0.4, 0.5) is 4.39 Å². The summed E-state index contributed by atoms with van der Waals surface area (Å²) in [6.07, 6.45) is 1.42. The Labute approximate surface area is 175 Å². The lowest BCUT2D eigenvalue weighted by Crippen LogP contribution is -2.19. The van der Waals surface area contributed by atoms with Crippen molar-refractivity contribution in [3.8, 4) is 11.8 Å². The van der Waals surface area contributed by atoms with Crippen molar-refractivity contribution in [2.45, 2.75) is 6.61 Å². The van der Waals surface area contributed by atoms with Gasteiger partial charge < -0.3 is 4.74 Å². The molecular weight excluding hydrogens is 437 g/mol. The SMILES string of the molecule is N#Cc1ccc(C(=O)N/N=C\c2cc(Br)ccc2OCc2ccccc2)c(F)c1. The van der Waals surface area contributed by atoms with Crippen molar-refractivity contribution >= 4 is 28.1 Å². The standard InChI is InChI=1S/C22H15BrFN3O2/c23-18-7-9-21(29-14-15-4-2-1-3-5-15)17(11-18)13-26-27-22(28)19-8-6-16(12-25)10-20(19)24/h1-11,13H,14H2,(H,27,28)/b26-13-. The number of nitrogens with one attached hydrogen (secondary N) is 1. The summed E-state index contributed by atoms with van der Waals surface area (Å²) in [5.41, 5.74) is 3.87. The van der Waals surface area contributed by atoms with Gasteiger partial charge in [-0.2, -0.15) is 10.4 Å². The van der Waals surface area contributed by atoms with E-state index in [2.05, 4.69) is 26.5 Å². The van der Waals surface area contributed by atoms with Crippen LogP contribution >= 0.6 is 15.9 Å². The van der Waals surface area contributed by atoms with Gasteiger partial charge in [-0.3, -0.25) is 4.79 Å². The minimum Gasteiger partial charge on any atom is -0.488 e. The Morgan fingerprint density at radius 2 is 1.97 bits per heavy atom. The molecule has 0 radical (unpaired) electrons. The van der Waals surface area contributed by atoms with Gasteiger partial charge in [0, 0.05) is 10.0 Å². The summed E-state index contributed by atoms with van der Waals surface area (Å²) in [7, 11) is 0. The Balaban J connectivity index is 1.70. The van der Waals surface area contributed by atoms with Gasteiger partial charge in [0.2, 0.25) is 0 Å². The van der Waals surface area contributed by atoms with Crippen molar-refractivity contribution in [3.63, 3.8) is 0 Å². The third-order valence-electron chi connectivity index (χ3n) is 3.92. The predicted molar refractivity (Wildman–Crippen MR) is 111 cm³/mol. The van der Waals surface area contributed by atoms with E-state index in [0.29, 0.717) is 17.9 Å². The molecule has 3 rings (SSSR count). The number of nitrogens with zero attached hydrogens (tertiary/aromatic N) is 2. The molecule has 3 aromatic carbocycles. The number of nitriles is 1. The fourth-order valence-corrected chi connectivity index (χ4v) is 2.86. The Bertz CT molecular complexity index is 1090. The number of carbonyl (C=O) groups is 1. The topological polar surface area (TPSA) is 74.5 Å². The number of rotatable bonds is 6. The molecule has 0 saturated heterocycles. The number of hydrogen-bond donors (Lipinski definition) is 1. The molecule has 5 nitrogen and oxygen atoms in total. The number of hydrazone groups is 1. The highest BCUT2D eigenvalue weighted by atomic mass is 79.9. The maximum Gasteiger partial charge on any atom is 0.274 e. The second kappa shape index (κ2) is 9.62. The highest BCUT2D eigenvalue weighted by Gasteiger charge is 2.11. The molecule has 0 spiro atoms. The summed E-state index contributed by atoms with van der Waals surface area (Å²) in [5.74, 6) is -0.921. The number of hydrogen-bond acceptors (Lipinski definition) is 4. The van der Waals surface area contributed by atoms with E-state index in [1.54, 1.807) is 12.1 Å². The zero-order valence-electron chi connectivity index (χ0n) is 15.1. The average molecular weight is 452 g/mol. The molecule has 0 bridgehead atoms. The zero-order chi connectivity index (χ0) is 20.6. The molecule has 0 saturated carbocycles. The Hall–Kier alpha value is -3.50. The molecule has 0 fully saturated rings. The minimum atomic E-state index is -0.786. The van der Waals surface area contributed by atoms with Crippen molar-refractivity contribution in [1.29, 1.82) is 5.26 Å². The van der Waals surface area contributed by atoms with Crippen LogP contribution in [0.15, 0.2) is 76.3 Å². The molecule has 1 amide bonds. The number of halogens is 2. The summed E-state index contributed by atoms with van der Waals surface area (Å²) in [5, 5.41) is 12.7. The van der Waals surface area contributed by atoms with E-state index in [-0.39, 0.29) is 11.1 Å². The predicted octanol–water partition coefficient (Wildman–Crippen LogP) is 4.80. The molecule has 0 aliphatic carbocycles. The molecule has 0 aromatic heterocycles. The quantitative estimate of drug-likeness (QED) is 0.431. The van der Waals surface area contributed by atoms with Crippen molar-refractivity contribution in [1.82, 2.24) is 5.43 Å². The van der Waals surface area contributed by atoms with E-state index < -0.39 is 11.7 Å². The van der Waals surface area contributed by atoms with Gasteiger partial charge >= 0.3 is 0 Å². The summed E-state index contributed by atoms with van der Waals surface area (Å²) < 4.78 is 20.6. The second-order valence-electron chi connectivity index (χ2n) is 5.96. The van der Waals surface area contributed by atoms with E-state index in [4.69, 9.17) is 10.00 Å². The third-order valence-corrected chi connectivity index (χ3v) is 4.41. The van der Waals surface area contributed by atoms with Crippen LogP contribution in [-0.2, 0) is 6.61 Å². The van der Waals surface area contributed by atoms with E-state index in [9.17, 15) is 9.18 Å². The van der Waals surface area contributed by atoms with Crippen LogP contribution in [0.25, 0.3) is 0 Å². The van der Waals surface area contributed by atoms with Gasteiger partial charge in [0.05, 0.1) is 23.4 Å². The van der Waals surface area contributed by atoms with Gasteiger partial charge in [0.15, 0.2) is 0 Å². The van der Waals surface area contributed by atoms with Crippen molar-refractivity contribution in [3.05, 3.63) is 99.3 Å². The van der Waals surface area contributed by atoms with Crippen LogP contribution in [0.3, 0.4) is 0 Å². The summed E-state index contributed by atoms with van der Waals surface area (Å²) in [6.45, 7) is 0.381. The van der Waals surface area contributed by atoms with Crippen LogP contribution in [0, 0.1) is 17.1 Å². The Morgan fingerprint density at radius 3 is 2.69 bits per heavy atom. The van der Waals surface area contributed by atoms with Crippen LogP contribution in [0.5, 0.6) is 5.75 Å². The molecule has 7 heteroatoms. The van der Waals surface area contributed by atoms with Gasteiger partial charge in [-0.15, -0.1) is 0 Å². The van der Waals surface area contributed by atoms with Crippen molar-refractivity contribution in [2.24, 2.45) is 5.10 Å². The third kappa shape index (κ3) is 5.50. The molecule has 29 heavy (non-hydrogen) atoms. The summed E-state index contributed by atoms with van der Waals surface area (Å²) in [4.78, 5) is 12.1. The van der Waals surface area contributed by atoms with Gasteiger partial charge in [-0.25, -0.2) is 9.82 Å². The van der Waals surface area contributed by atoms with Crippen LogP contribution in [0.1, 0.15) is 27.0 Å². The van der Waals surface area contributed by atoms with E-state index in [1.807, 2.05) is 42.5 Å². The molecule has 144 valence electrons. The normalized spacial score (nSPS) is 10.5. The first-order chi connectivity index (χ1) is 14.1. The molecule has 0 aliphatic heterocycles. The van der Waals surface area contributed by atoms with E-state index >= 15 is 0 Å². The lowest BCUT2D eigenvalue weighted by atomic mass is 10.1. The Morgan fingerprint density at radius 1 is 1.17 bits per heavy atom. The average Bonchev–Trinajstić information content (AvgIpc) is 2.73. The smallest absolute Gasteiger partial charge is 0.274 e. The number of ether oxygens (including phenoxy) is 1. The molecule has 3 aromatic rings.